The van der Waals surface area contributed by atoms with E-state index in [1.807, 2.05) is 0 Å². The van der Waals surface area contributed by atoms with E-state index in [9.17, 15) is 9.59 Å². The first-order valence-electron chi connectivity index (χ1n) is 4.17. The number of carbonyl (C=O) groups excluding carboxylic acids is 2. The lowest BCUT2D eigenvalue weighted by molar-refractivity contribution is -0.143. The van der Waals surface area contributed by atoms with Crippen LogP contribution in [0.1, 0.15) is 19.8 Å². The number of hydrogen-bond acceptors (Lipinski definition) is 4. The lowest BCUT2D eigenvalue weighted by atomic mass is 10.3. The third kappa shape index (κ3) is 8.59. The second kappa shape index (κ2) is 8.77. The molecule has 0 bridgehead atoms. The lowest BCUT2D eigenvalue weighted by Crippen LogP contribution is -2.02. The highest BCUT2D eigenvalue weighted by Gasteiger charge is 1.97. The minimum atomic E-state index is -0.205. The Hall–Kier alpha value is -1.32. The maximum absolute atomic E-state index is 10.8. The Labute approximate surface area is 77.5 Å². The van der Waals surface area contributed by atoms with E-state index in [-0.39, 0.29) is 12.6 Å². The van der Waals surface area contributed by atoms with E-state index < -0.39 is 0 Å². The van der Waals surface area contributed by atoms with Gasteiger partial charge in [-0.3, -0.25) is 9.59 Å². The third-order valence-corrected chi connectivity index (χ3v) is 1.25. The quantitative estimate of drug-likeness (QED) is 0.258. The van der Waals surface area contributed by atoms with Crippen LogP contribution < -0.4 is 0 Å². The van der Waals surface area contributed by atoms with Crippen LogP contribution in [-0.2, 0) is 19.1 Å². The van der Waals surface area contributed by atoms with Crippen LogP contribution in [0.15, 0.2) is 12.2 Å². The molecule has 0 radical (unpaired) electrons. The van der Waals surface area contributed by atoms with E-state index in [0.29, 0.717) is 25.9 Å². The maximum atomic E-state index is 10.8. The van der Waals surface area contributed by atoms with Crippen LogP contribution in [-0.4, -0.2) is 25.7 Å². The minimum absolute atomic E-state index is 0.205. The Bertz CT molecular complexity index is 174. The van der Waals surface area contributed by atoms with Gasteiger partial charge in [-0.1, -0.05) is 12.2 Å². The standard InChI is InChI=1S/C9H14O4/c1-2-13-9(11)6-4-3-5-7-12-8-10/h3,5,8H,2,4,6-7H2,1H3/b5-3-. The number of allylic oxidation sites excluding steroid dienone is 1. The summed E-state index contributed by atoms with van der Waals surface area (Å²) in [6.07, 6.45) is 4.44. The van der Waals surface area contributed by atoms with Crippen molar-refractivity contribution in [2.75, 3.05) is 13.2 Å². The molecule has 0 spiro atoms. The first-order valence-corrected chi connectivity index (χ1v) is 4.17. The molecule has 0 atom stereocenters. The SMILES string of the molecule is CCOC(=O)CC/C=C\COC=O. The third-order valence-electron chi connectivity index (χ3n) is 1.25. The van der Waals surface area contributed by atoms with Crippen molar-refractivity contribution in [2.24, 2.45) is 0 Å². The molecule has 0 aromatic rings. The van der Waals surface area contributed by atoms with Crippen molar-refractivity contribution in [1.29, 1.82) is 0 Å². The molecule has 0 saturated carbocycles. The summed E-state index contributed by atoms with van der Waals surface area (Å²) >= 11 is 0. The molecular weight excluding hydrogens is 172 g/mol. The van der Waals surface area contributed by atoms with Crippen LogP contribution in [0.25, 0.3) is 0 Å². The van der Waals surface area contributed by atoms with Crippen LogP contribution in [0.4, 0.5) is 0 Å². The van der Waals surface area contributed by atoms with Gasteiger partial charge in [0.25, 0.3) is 6.47 Å². The van der Waals surface area contributed by atoms with Gasteiger partial charge in [-0.15, -0.1) is 0 Å². The Balaban J connectivity index is 3.27. The van der Waals surface area contributed by atoms with E-state index in [0.717, 1.165) is 0 Å². The van der Waals surface area contributed by atoms with Crippen molar-refractivity contribution in [1.82, 2.24) is 0 Å². The fourth-order valence-electron chi connectivity index (χ4n) is 0.715. The van der Waals surface area contributed by atoms with Gasteiger partial charge in [0.15, 0.2) is 0 Å². The molecule has 4 heteroatoms. The fourth-order valence-corrected chi connectivity index (χ4v) is 0.715. The molecule has 13 heavy (non-hydrogen) atoms. The summed E-state index contributed by atoms with van der Waals surface area (Å²) in [6.45, 7) is 2.82. The zero-order valence-electron chi connectivity index (χ0n) is 7.69. The van der Waals surface area contributed by atoms with Gasteiger partial charge in [-0.05, 0) is 13.3 Å². The molecule has 4 nitrogen and oxygen atoms in total. The number of esters is 1. The molecule has 0 amide bonds. The van der Waals surface area contributed by atoms with Crippen molar-refractivity contribution < 1.29 is 19.1 Å². The highest BCUT2D eigenvalue weighted by molar-refractivity contribution is 5.69. The summed E-state index contributed by atoms with van der Waals surface area (Å²) in [5.41, 5.74) is 0. The molecule has 0 heterocycles. The average Bonchev–Trinajstić information content (AvgIpc) is 2.11. The molecule has 0 saturated heterocycles. The molecule has 0 unspecified atom stereocenters. The van der Waals surface area contributed by atoms with E-state index in [2.05, 4.69) is 4.74 Å². The van der Waals surface area contributed by atoms with Gasteiger partial charge in [0, 0.05) is 6.42 Å². The fraction of sp³-hybridized carbons (Fsp3) is 0.556. The van der Waals surface area contributed by atoms with Crippen molar-refractivity contribution in [3.8, 4) is 0 Å². The molecule has 0 aromatic carbocycles. The maximum Gasteiger partial charge on any atom is 0.306 e. The summed E-state index contributed by atoms with van der Waals surface area (Å²) in [7, 11) is 0. The number of hydrogen-bond donors (Lipinski definition) is 0. The van der Waals surface area contributed by atoms with E-state index in [1.54, 1.807) is 19.1 Å². The highest BCUT2D eigenvalue weighted by atomic mass is 16.5. The zero-order valence-corrected chi connectivity index (χ0v) is 7.69. The first-order chi connectivity index (χ1) is 6.31. The largest absolute Gasteiger partial charge is 0.466 e. The lowest BCUT2D eigenvalue weighted by Gasteiger charge is -1.97. The van der Waals surface area contributed by atoms with Crippen LogP contribution in [0.2, 0.25) is 0 Å². The molecule has 0 aromatic heterocycles. The predicted molar refractivity (Wildman–Crippen MR) is 47.0 cm³/mol. The van der Waals surface area contributed by atoms with Crippen LogP contribution in [0.5, 0.6) is 0 Å². The van der Waals surface area contributed by atoms with Crippen LogP contribution in [0.3, 0.4) is 0 Å². The normalized spacial score (nSPS) is 9.92. The van der Waals surface area contributed by atoms with Gasteiger partial charge in [0.05, 0.1) is 6.61 Å². The Morgan fingerprint density at radius 2 is 2.15 bits per heavy atom. The summed E-state index contributed by atoms with van der Waals surface area (Å²) in [5.74, 6) is -0.205. The van der Waals surface area contributed by atoms with E-state index >= 15 is 0 Å². The van der Waals surface area contributed by atoms with Gasteiger partial charge in [0.2, 0.25) is 0 Å². The van der Waals surface area contributed by atoms with Crippen molar-refractivity contribution >= 4 is 12.4 Å². The Morgan fingerprint density at radius 3 is 2.77 bits per heavy atom. The second-order valence-electron chi connectivity index (χ2n) is 2.24. The predicted octanol–water partition coefficient (Wildman–Crippen LogP) is 1.06. The molecule has 0 aliphatic carbocycles. The molecule has 0 N–H and O–H groups in total. The average molecular weight is 186 g/mol. The van der Waals surface area contributed by atoms with Gasteiger partial charge in [-0.2, -0.15) is 0 Å². The molecule has 74 valence electrons. The van der Waals surface area contributed by atoms with Crippen molar-refractivity contribution in [3.63, 3.8) is 0 Å². The second-order valence-corrected chi connectivity index (χ2v) is 2.24. The topological polar surface area (TPSA) is 52.6 Å². The first kappa shape index (κ1) is 11.7. The van der Waals surface area contributed by atoms with Gasteiger partial charge < -0.3 is 9.47 Å². The number of carbonyl (C=O) groups is 2. The van der Waals surface area contributed by atoms with E-state index in [4.69, 9.17) is 4.74 Å². The van der Waals surface area contributed by atoms with Crippen LogP contribution in [0, 0.1) is 0 Å². The molecular formula is C9H14O4. The van der Waals surface area contributed by atoms with Crippen molar-refractivity contribution in [3.05, 3.63) is 12.2 Å². The zero-order chi connectivity index (χ0) is 9.94. The van der Waals surface area contributed by atoms with Gasteiger partial charge >= 0.3 is 5.97 Å². The Kier molecular flexibility index (Phi) is 7.88. The molecule has 0 aliphatic heterocycles. The number of rotatable bonds is 7. The minimum Gasteiger partial charge on any atom is -0.466 e. The summed E-state index contributed by atoms with van der Waals surface area (Å²) < 4.78 is 9.11. The molecule has 0 fully saturated rings. The molecule has 0 rings (SSSR count). The van der Waals surface area contributed by atoms with E-state index in [1.165, 1.54) is 0 Å². The monoisotopic (exact) mass is 186 g/mol. The van der Waals surface area contributed by atoms with Crippen LogP contribution >= 0.6 is 0 Å². The summed E-state index contributed by atoms with van der Waals surface area (Å²) in [6, 6.07) is 0. The summed E-state index contributed by atoms with van der Waals surface area (Å²) in [5, 5.41) is 0. The van der Waals surface area contributed by atoms with Gasteiger partial charge in [0.1, 0.15) is 6.61 Å². The van der Waals surface area contributed by atoms with Crippen molar-refractivity contribution in [2.45, 2.75) is 19.8 Å². The van der Waals surface area contributed by atoms with Gasteiger partial charge in [-0.25, -0.2) is 0 Å². The Morgan fingerprint density at radius 1 is 1.38 bits per heavy atom. The highest BCUT2D eigenvalue weighted by Crippen LogP contribution is 1.94. The smallest absolute Gasteiger partial charge is 0.306 e. The molecule has 0 aliphatic rings. The summed E-state index contributed by atoms with van der Waals surface area (Å²) in [4.78, 5) is 20.5. The number of ether oxygens (including phenoxy) is 2.